The van der Waals surface area contributed by atoms with Gasteiger partial charge >= 0.3 is 0 Å². The number of rotatable bonds is 7. The Hall–Kier alpha value is -1.95. The molecule has 6 nitrogen and oxygen atoms in total. The van der Waals surface area contributed by atoms with Crippen LogP contribution >= 0.6 is 0 Å². The zero-order valence-electron chi connectivity index (χ0n) is 12.5. The minimum atomic E-state index is -0.427. The highest BCUT2D eigenvalue weighted by molar-refractivity contribution is 5.79. The van der Waals surface area contributed by atoms with E-state index >= 15 is 0 Å². The highest BCUT2D eigenvalue weighted by Crippen LogP contribution is 2.39. The molecule has 0 aliphatic rings. The number of nitrogens with two attached hydrogens (primary N) is 1. The van der Waals surface area contributed by atoms with Crippen LogP contribution < -0.4 is 25.3 Å². The van der Waals surface area contributed by atoms with Gasteiger partial charge < -0.3 is 19.9 Å². The number of methoxy groups -OCH3 is 3. The van der Waals surface area contributed by atoms with Gasteiger partial charge in [-0.05, 0) is 31.5 Å². The fourth-order valence-corrected chi connectivity index (χ4v) is 1.90. The Kier molecular flexibility index (Phi) is 5.64. The fourth-order valence-electron chi connectivity index (χ4n) is 1.90. The molecule has 1 rings (SSSR count). The second-order valence-corrected chi connectivity index (χ2v) is 4.47. The van der Waals surface area contributed by atoms with Crippen molar-refractivity contribution in [2.75, 3.05) is 21.3 Å². The molecule has 6 heteroatoms. The van der Waals surface area contributed by atoms with Gasteiger partial charge in [0.15, 0.2) is 11.5 Å². The van der Waals surface area contributed by atoms with Gasteiger partial charge in [0.05, 0.1) is 27.4 Å². The Morgan fingerprint density at radius 3 is 1.95 bits per heavy atom. The van der Waals surface area contributed by atoms with Crippen LogP contribution in [0.25, 0.3) is 0 Å². The van der Waals surface area contributed by atoms with Gasteiger partial charge in [-0.3, -0.25) is 10.1 Å². The average molecular weight is 282 g/mol. The lowest BCUT2D eigenvalue weighted by Gasteiger charge is -2.20. The average Bonchev–Trinajstić information content (AvgIpc) is 2.45. The predicted octanol–water partition coefficient (Wildman–Crippen LogP) is 1.24. The van der Waals surface area contributed by atoms with E-state index in [0.717, 1.165) is 5.56 Å². The minimum Gasteiger partial charge on any atom is -0.493 e. The fraction of sp³-hybridized carbons (Fsp3) is 0.500. The zero-order valence-corrected chi connectivity index (χ0v) is 12.5. The minimum absolute atomic E-state index is 0.0915. The number of benzene rings is 1. The Bertz CT molecular complexity index is 451. The van der Waals surface area contributed by atoms with E-state index in [9.17, 15) is 4.79 Å². The zero-order chi connectivity index (χ0) is 15.3. The van der Waals surface area contributed by atoms with Crippen molar-refractivity contribution in [1.82, 2.24) is 5.32 Å². The van der Waals surface area contributed by atoms with E-state index in [-0.39, 0.29) is 6.04 Å². The summed E-state index contributed by atoms with van der Waals surface area (Å²) >= 11 is 0. The van der Waals surface area contributed by atoms with Gasteiger partial charge in [0.2, 0.25) is 11.7 Å². The number of hydrogen-bond donors (Lipinski definition) is 2. The standard InChI is InChI=1S/C14H22N2O4/c1-8(16-9(2)14(15)17)10-6-11(18-3)13(20-5)12(7-10)19-4/h6-9,16H,1-5H3,(H2,15,17). The molecule has 0 aliphatic carbocycles. The lowest BCUT2D eigenvalue weighted by molar-refractivity contribution is -0.119. The summed E-state index contributed by atoms with van der Waals surface area (Å²) in [7, 11) is 4.67. The molecular weight excluding hydrogens is 260 g/mol. The molecule has 0 saturated heterocycles. The Balaban J connectivity index is 3.09. The van der Waals surface area contributed by atoms with Crippen molar-refractivity contribution in [2.45, 2.75) is 25.9 Å². The first-order valence-corrected chi connectivity index (χ1v) is 6.29. The van der Waals surface area contributed by atoms with E-state index in [4.69, 9.17) is 19.9 Å². The maximum Gasteiger partial charge on any atom is 0.234 e. The lowest BCUT2D eigenvalue weighted by atomic mass is 10.1. The lowest BCUT2D eigenvalue weighted by Crippen LogP contribution is -2.40. The van der Waals surface area contributed by atoms with Crippen LogP contribution in [-0.2, 0) is 4.79 Å². The molecule has 3 N–H and O–H groups in total. The predicted molar refractivity (Wildman–Crippen MR) is 76.3 cm³/mol. The number of hydrogen-bond acceptors (Lipinski definition) is 5. The van der Waals surface area contributed by atoms with E-state index in [0.29, 0.717) is 17.2 Å². The van der Waals surface area contributed by atoms with Crippen molar-refractivity contribution >= 4 is 5.91 Å². The molecular formula is C14H22N2O4. The van der Waals surface area contributed by atoms with E-state index in [1.165, 1.54) is 0 Å². The van der Waals surface area contributed by atoms with Crippen molar-refractivity contribution in [3.05, 3.63) is 17.7 Å². The summed E-state index contributed by atoms with van der Waals surface area (Å²) in [6.45, 7) is 3.65. The van der Waals surface area contributed by atoms with Crippen LogP contribution in [0.3, 0.4) is 0 Å². The summed E-state index contributed by atoms with van der Waals surface area (Å²) in [5, 5.41) is 3.11. The molecule has 2 unspecified atom stereocenters. The first kappa shape index (κ1) is 16.1. The van der Waals surface area contributed by atoms with Gasteiger partial charge in [0.1, 0.15) is 0 Å². The molecule has 1 amide bonds. The summed E-state index contributed by atoms with van der Waals surface area (Å²) in [5.74, 6) is 1.28. The van der Waals surface area contributed by atoms with Crippen molar-refractivity contribution in [1.29, 1.82) is 0 Å². The van der Waals surface area contributed by atoms with Gasteiger partial charge in [-0.2, -0.15) is 0 Å². The Morgan fingerprint density at radius 2 is 1.60 bits per heavy atom. The van der Waals surface area contributed by atoms with Crippen molar-refractivity contribution in [3.63, 3.8) is 0 Å². The molecule has 0 spiro atoms. The molecule has 20 heavy (non-hydrogen) atoms. The first-order chi connectivity index (χ1) is 9.44. The maximum atomic E-state index is 11.1. The number of nitrogens with one attached hydrogen (secondary N) is 1. The molecule has 0 aromatic heterocycles. The van der Waals surface area contributed by atoms with Crippen molar-refractivity contribution < 1.29 is 19.0 Å². The Morgan fingerprint density at radius 1 is 1.10 bits per heavy atom. The van der Waals surface area contributed by atoms with Gasteiger partial charge in [-0.15, -0.1) is 0 Å². The van der Waals surface area contributed by atoms with Crippen LogP contribution in [0.2, 0.25) is 0 Å². The van der Waals surface area contributed by atoms with Crippen molar-refractivity contribution in [2.24, 2.45) is 5.73 Å². The smallest absolute Gasteiger partial charge is 0.234 e. The van der Waals surface area contributed by atoms with E-state index in [1.54, 1.807) is 28.3 Å². The third-order valence-electron chi connectivity index (χ3n) is 3.11. The number of primary amides is 1. The van der Waals surface area contributed by atoms with Crippen LogP contribution in [-0.4, -0.2) is 33.3 Å². The molecule has 0 aliphatic heterocycles. The molecule has 0 fully saturated rings. The summed E-state index contributed by atoms with van der Waals surface area (Å²) in [4.78, 5) is 11.1. The number of carbonyl (C=O) groups is 1. The van der Waals surface area contributed by atoms with Gasteiger partial charge in [-0.1, -0.05) is 0 Å². The molecule has 0 saturated carbocycles. The van der Waals surface area contributed by atoms with Gasteiger partial charge in [0.25, 0.3) is 0 Å². The Labute approximate surface area is 119 Å². The van der Waals surface area contributed by atoms with E-state index < -0.39 is 11.9 Å². The molecule has 0 heterocycles. The van der Waals surface area contributed by atoms with Gasteiger partial charge in [0, 0.05) is 6.04 Å². The molecule has 0 bridgehead atoms. The second-order valence-electron chi connectivity index (χ2n) is 4.47. The van der Waals surface area contributed by atoms with Crippen LogP contribution in [0, 0.1) is 0 Å². The van der Waals surface area contributed by atoms with E-state index in [1.807, 2.05) is 19.1 Å². The third kappa shape index (κ3) is 3.54. The van der Waals surface area contributed by atoms with Crippen LogP contribution in [0.15, 0.2) is 12.1 Å². The summed E-state index contributed by atoms with van der Waals surface area (Å²) in [5.41, 5.74) is 6.16. The molecule has 1 aromatic carbocycles. The summed E-state index contributed by atoms with van der Waals surface area (Å²) in [6.07, 6.45) is 0. The maximum absolute atomic E-state index is 11.1. The highest BCUT2D eigenvalue weighted by atomic mass is 16.5. The quantitative estimate of drug-likeness (QED) is 0.786. The first-order valence-electron chi connectivity index (χ1n) is 6.29. The van der Waals surface area contributed by atoms with Gasteiger partial charge in [-0.25, -0.2) is 0 Å². The number of carbonyl (C=O) groups excluding carboxylic acids is 1. The summed E-state index contributed by atoms with van der Waals surface area (Å²) in [6, 6.07) is 3.16. The normalized spacial score (nSPS) is 13.4. The van der Waals surface area contributed by atoms with Crippen LogP contribution in [0.4, 0.5) is 0 Å². The molecule has 112 valence electrons. The molecule has 2 atom stereocenters. The highest BCUT2D eigenvalue weighted by Gasteiger charge is 2.18. The van der Waals surface area contributed by atoms with E-state index in [2.05, 4.69) is 5.32 Å². The second kappa shape index (κ2) is 7.00. The molecule has 0 radical (unpaired) electrons. The van der Waals surface area contributed by atoms with Crippen LogP contribution in [0.5, 0.6) is 17.2 Å². The number of amides is 1. The van der Waals surface area contributed by atoms with Crippen molar-refractivity contribution in [3.8, 4) is 17.2 Å². The third-order valence-corrected chi connectivity index (χ3v) is 3.11. The largest absolute Gasteiger partial charge is 0.493 e. The molecule has 1 aromatic rings. The van der Waals surface area contributed by atoms with Crippen LogP contribution in [0.1, 0.15) is 25.5 Å². The summed E-state index contributed by atoms with van der Waals surface area (Å²) < 4.78 is 15.9. The topological polar surface area (TPSA) is 82.8 Å². The number of ether oxygens (including phenoxy) is 3. The SMILES string of the molecule is COc1cc(C(C)NC(C)C(N)=O)cc(OC)c1OC. The monoisotopic (exact) mass is 282 g/mol.